The Morgan fingerprint density at radius 1 is 1.19 bits per heavy atom. The average Bonchev–Trinajstić information content (AvgIpc) is 3.07. The van der Waals surface area contributed by atoms with Gasteiger partial charge in [-0.25, -0.2) is 8.96 Å². The number of nitrogens with zero attached hydrogens (tertiary/aromatic N) is 1. The second kappa shape index (κ2) is 10.7. The van der Waals surface area contributed by atoms with Crippen molar-refractivity contribution in [3.63, 3.8) is 0 Å². The summed E-state index contributed by atoms with van der Waals surface area (Å²) in [5.74, 6) is -2.73. The highest BCUT2D eigenvalue weighted by Gasteiger charge is 2.60. The molecule has 200 valence electrons. The molecule has 1 aromatic carbocycles. The van der Waals surface area contributed by atoms with Crippen LogP contribution >= 0.6 is 7.75 Å². The van der Waals surface area contributed by atoms with E-state index in [-0.39, 0.29) is 12.4 Å². The van der Waals surface area contributed by atoms with Crippen LogP contribution in [-0.2, 0) is 42.5 Å². The van der Waals surface area contributed by atoms with Crippen LogP contribution in [0.25, 0.3) is 0 Å². The molecule has 0 bridgehead atoms. The largest absolute Gasteiger partial charge is 0.464 e. The van der Waals surface area contributed by atoms with Gasteiger partial charge in [-0.2, -0.15) is 5.09 Å². The molecule has 4 rings (SSSR count). The van der Waals surface area contributed by atoms with Crippen LogP contribution in [-0.4, -0.2) is 71.9 Å². The van der Waals surface area contributed by atoms with Crippen molar-refractivity contribution in [2.75, 3.05) is 13.2 Å². The second-order valence-corrected chi connectivity index (χ2v) is 10.5. The van der Waals surface area contributed by atoms with Gasteiger partial charge in [-0.05, 0) is 32.1 Å². The molecule has 2 saturated heterocycles. The number of nitrogens with one attached hydrogen (secondary N) is 1. The van der Waals surface area contributed by atoms with E-state index in [4.69, 9.17) is 23.3 Å². The predicted octanol–water partition coefficient (Wildman–Crippen LogP) is 1.80. The fourth-order valence-corrected chi connectivity index (χ4v) is 5.52. The van der Waals surface area contributed by atoms with E-state index in [0.717, 1.165) is 24.1 Å². The Bertz CT molecular complexity index is 1140. The summed E-state index contributed by atoms with van der Waals surface area (Å²) in [6, 6.07) is 6.81. The SMILES string of the molecule is C[C@@H]1N[P@@](=O)(Oc2ccccc2)OC[C@H]2O[C@@H](N3C=CC(=O)CC3=O)[C@](C)(F)[C@@H]2OC(=O)CCOC1=O. The van der Waals surface area contributed by atoms with E-state index in [2.05, 4.69) is 5.09 Å². The lowest BCUT2D eigenvalue weighted by atomic mass is 9.97. The fourth-order valence-electron chi connectivity index (χ4n) is 4.02. The lowest BCUT2D eigenvalue weighted by Crippen LogP contribution is -2.52. The molecule has 12 nitrogen and oxygen atoms in total. The molecule has 0 radical (unpaired) electrons. The van der Waals surface area contributed by atoms with Crippen molar-refractivity contribution in [2.45, 2.75) is 56.8 Å². The summed E-state index contributed by atoms with van der Waals surface area (Å²) in [6.07, 6.45) is -3.19. The Morgan fingerprint density at radius 3 is 2.62 bits per heavy atom. The number of benzene rings is 1. The fraction of sp³-hybridized carbons (Fsp3) is 0.478. The van der Waals surface area contributed by atoms with Gasteiger partial charge in [0.2, 0.25) is 5.91 Å². The molecule has 0 aliphatic carbocycles. The lowest BCUT2D eigenvalue weighted by Gasteiger charge is -2.33. The van der Waals surface area contributed by atoms with Crippen LogP contribution in [0.15, 0.2) is 42.6 Å². The first kappa shape index (κ1) is 26.9. The number of halogens is 1. The molecule has 14 heteroatoms. The van der Waals surface area contributed by atoms with Crippen LogP contribution in [0.2, 0.25) is 0 Å². The third-order valence-electron chi connectivity index (χ3n) is 5.86. The standard InChI is InChI=1S/C23H26FN2O10P/c1-14-21(30)32-11-9-19(29)35-20-17(13-33-37(31,25-14)36-16-6-4-3-5-7-16)34-22(23(20,2)24)26-10-8-15(27)12-18(26)28/h3-8,10,14,17,20,22H,9,11-13H2,1-2H3,(H,25,31)/t14-,17+,20+,22+,23+,37-/m0/s1. The zero-order valence-electron chi connectivity index (χ0n) is 20.0. The maximum atomic E-state index is 16.1. The van der Waals surface area contributed by atoms with Crippen LogP contribution in [0.4, 0.5) is 4.39 Å². The van der Waals surface area contributed by atoms with E-state index in [1.54, 1.807) is 18.2 Å². The van der Waals surface area contributed by atoms with E-state index in [9.17, 15) is 23.7 Å². The number of carbonyl (C=O) groups excluding carboxylic acids is 4. The summed E-state index contributed by atoms with van der Waals surface area (Å²) < 4.78 is 57.0. The predicted molar refractivity (Wildman–Crippen MR) is 122 cm³/mol. The second-order valence-electron chi connectivity index (χ2n) is 8.81. The summed E-state index contributed by atoms with van der Waals surface area (Å²) in [7, 11) is -4.31. The highest BCUT2D eigenvalue weighted by molar-refractivity contribution is 7.52. The molecule has 6 atom stereocenters. The number of amides is 1. The Balaban J connectivity index is 1.64. The Hall–Kier alpha value is -3.12. The van der Waals surface area contributed by atoms with Gasteiger partial charge in [-0.15, -0.1) is 0 Å². The van der Waals surface area contributed by atoms with Crippen LogP contribution < -0.4 is 9.61 Å². The molecule has 3 aliphatic heterocycles. The van der Waals surface area contributed by atoms with Crippen molar-refractivity contribution in [1.29, 1.82) is 0 Å². The monoisotopic (exact) mass is 540 g/mol. The number of allylic oxidation sites excluding steroid dienone is 1. The highest BCUT2D eigenvalue weighted by Crippen LogP contribution is 2.47. The van der Waals surface area contributed by atoms with E-state index < -0.39 is 81.0 Å². The third-order valence-corrected chi connectivity index (χ3v) is 7.50. The Morgan fingerprint density at radius 2 is 1.92 bits per heavy atom. The van der Waals surface area contributed by atoms with Crippen molar-refractivity contribution in [2.24, 2.45) is 0 Å². The number of ketones is 1. The first-order chi connectivity index (χ1) is 17.5. The first-order valence-electron chi connectivity index (χ1n) is 11.5. The minimum absolute atomic E-state index is 0.153. The molecule has 0 aromatic heterocycles. The van der Waals surface area contributed by atoms with Crippen LogP contribution in [0, 0.1) is 0 Å². The van der Waals surface area contributed by atoms with Gasteiger partial charge in [-0.1, -0.05) is 18.2 Å². The molecule has 0 saturated carbocycles. The van der Waals surface area contributed by atoms with Crippen LogP contribution in [0.3, 0.4) is 0 Å². The molecule has 0 spiro atoms. The molecular formula is C23H26FN2O10P. The number of rotatable bonds is 3. The molecule has 1 N–H and O–H groups in total. The maximum Gasteiger partial charge on any atom is 0.459 e. The van der Waals surface area contributed by atoms with Crippen molar-refractivity contribution < 1.29 is 51.4 Å². The molecule has 1 amide bonds. The number of hydrogen-bond acceptors (Lipinski definition) is 10. The number of para-hydroxylation sites is 1. The molecule has 0 unspecified atom stereocenters. The summed E-state index contributed by atoms with van der Waals surface area (Å²) in [6.45, 7) is 1.45. The normalized spacial score (nSPS) is 35.5. The van der Waals surface area contributed by atoms with Crippen molar-refractivity contribution >= 4 is 31.4 Å². The average molecular weight is 540 g/mol. The van der Waals surface area contributed by atoms with Crippen molar-refractivity contribution in [3.05, 3.63) is 42.6 Å². The van der Waals surface area contributed by atoms with Gasteiger partial charge in [-0.3, -0.25) is 28.6 Å². The van der Waals surface area contributed by atoms with E-state index in [1.165, 1.54) is 19.1 Å². The Labute approximate surface area is 211 Å². The number of carbonyl (C=O) groups is 4. The van der Waals surface area contributed by atoms with Gasteiger partial charge in [0.1, 0.15) is 24.5 Å². The van der Waals surface area contributed by atoms with Crippen LogP contribution in [0.1, 0.15) is 26.7 Å². The Kier molecular flexibility index (Phi) is 7.79. The zero-order valence-corrected chi connectivity index (χ0v) is 20.9. The number of fused-ring (bicyclic) bond motifs is 1. The smallest absolute Gasteiger partial charge is 0.459 e. The quantitative estimate of drug-likeness (QED) is 0.340. The van der Waals surface area contributed by atoms with Crippen LogP contribution in [0.5, 0.6) is 5.75 Å². The summed E-state index contributed by atoms with van der Waals surface area (Å²) >= 11 is 0. The zero-order chi connectivity index (χ0) is 26.8. The van der Waals surface area contributed by atoms with Gasteiger partial charge < -0.3 is 18.7 Å². The van der Waals surface area contributed by atoms with Gasteiger partial charge in [0.05, 0.1) is 19.4 Å². The number of esters is 2. The van der Waals surface area contributed by atoms with E-state index in [1.807, 2.05) is 0 Å². The first-order valence-corrected chi connectivity index (χ1v) is 13.0. The maximum absolute atomic E-state index is 16.1. The third kappa shape index (κ3) is 6.07. The van der Waals surface area contributed by atoms with Crippen molar-refractivity contribution in [3.8, 4) is 5.75 Å². The van der Waals surface area contributed by atoms with Gasteiger partial charge in [0.15, 0.2) is 23.8 Å². The lowest BCUT2D eigenvalue weighted by molar-refractivity contribution is -0.160. The highest BCUT2D eigenvalue weighted by atomic mass is 31.2. The summed E-state index contributed by atoms with van der Waals surface area (Å²) in [5.41, 5.74) is -2.47. The molecule has 37 heavy (non-hydrogen) atoms. The van der Waals surface area contributed by atoms with Gasteiger partial charge in [0.25, 0.3) is 0 Å². The molecular weight excluding hydrogens is 514 g/mol. The molecule has 2 fully saturated rings. The number of ether oxygens (including phenoxy) is 3. The summed E-state index contributed by atoms with van der Waals surface area (Å²) in [4.78, 5) is 49.7. The minimum atomic E-state index is -4.31. The number of hydrogen-bond donors (Lipinski definition) is 1. The topological polar surface area (TPSA) is 147 Å². The van der Waals surface area contributed by atoms with Gasteiger partial charge in [0, 0.05) is 6.20 Å². The van der Waals surface area contributed by atoms with E-state index >= 15 is 4.39 Å². The molecule has 3 aliphatic rings. The molecule has 3 heterocycles. The minimum Gasteiger partial charge on any atom is -0.464 e. The van der Waals surface area contributed by atoms with E-state index in [0.29, 0.717) is 0 Å². The van der Waals surface area contributed by atoms with Crippen molar-refractivity contribution in [1.82, 2.24) is 9.99 Å². The summed E-state index contributed by atoms with van der Waals surface area (Å²) in [5, 5.41) is 2.48. The number of cyclic esters (lactones) is 1. The molecule has 1 aromatic rings. The van der Waals surface area contributed by atoms with Gasteiger partial charge >= 0.3 is 19.7 Å². The number of alkyl halides is 1.